The van der Waals surface area contributed by atoms with E-state index in [9.17, 15) is 24.6 Å². The van der Waals surface area contributed by atoms with E-state index in [-0.39, 0.29) is 38.6 Å². The number of amides is 1. The molecular formula is C26H53NO5Si. The van der Waals surface area contributed by atoms with Gasteiger partial charge in [0, 0.05) is 27.6 Å². The Morgan fingerprint density at radius 1 is 0.939 bits per heavy atom. The number of unbranched alkanes of at least 4 members (excludes halogenated alkanes) is 3. The summed E-state index contributed by atoms with van der Waals surface area (Å²) in [4.78, 5) is 36.8. The quantitative estimate of drug-likeness (QED) is 0.233. The van der Waals surface area contributed by atoms with Gasteiger partial charge in [-0.1, -0.05) is 80.8 Å². The lowest BCUT2D eigenvalue weighted by Gasteiger charge is -2.24. The fourth-order valence-corrected chi connectivity index (χ4v) is 2.84. The van der Waals surface area contributed by atoms with Crippen molar-refractivity contribution in [2.45, 2.75) is 118 Å². The van der Waals surface area contributed by atoms with Crippen molar-refractivity contribution < 1.29 is 24.6 Å². The number of Topliss-reactive ketones (excluding diaryl/α,β-unsaturated/α-hetero) is 2. The van der Waals surface area contributed by atoms with Gasteiger partial charge in [0.15, 0.2) is 5.78 Å². The Hall–Kier alpha value is -1.05. The van der Waals surface area contributed by atoms with Crippen molar-refractivity contribution in [2.24, 2.45) is 17.8 Å². The molecular weight excluding hydrogens is 434 g/mol. The van der Waals surface area contributed by atoms with E-state index in [1.54, 1.807) is 6.92 Å². The SMILES string of the molecule is CCCCCCC(=O)C[C@@H](C)C(=O)N[C@@H](CC(C)C)C(=O)C(CO)CO.C[SiH](C)C(C)(C)C. The van der Waals surface area contributed by atoms with Crippen LogP contribution in [0, 0.1) is 17.8 Å². The van der Waals surface area contributed by atoms with Crippen LogP contribution in [0.4, 0.5) is 0 Å². The molecule has 0 aliphatic carbocycles. The smallest absolute Gasteiger partial charge is 0.223 e. The third kappa shape index (κ3) is 17.1. The van der Waals surface area contributed by atoms with E-state index in [0.29, 0.717) is 17.9 Å². The van der Waals surface area contributed by atoms with Gasteiger partial charge in [0.1, 0.15) is 5.78 Å². The third-order valence-electron chi connectivity index (χ3n) is 6.23. The number of aliphatic hydroxyl groups is 2. The largest absolute Gasteiger partial charge is 0.396 e. The zero-order valence-electron chi connectivity index (χ0n) is 22.9. The Morgan fingerprint density at radius 2 is 1.45 bits per heavy atom. The fraction of sp³-hybridized carbons (Fsp3) is 0.885. The van der Waals surface area contributed by atoms with Gasteiger partial charge in [-0.2, -0.15) is 0 Å². The minimum absolute atomic E-state index is 0.0686. The maximum absolute atomic E-state index is 12.4. The second kappa shape index (κ2) is 18.3. The van der Waals surface area contributed by atoms with E-state index in [1.165, 1.54) is 0 Å². The van der Waals surface area contributed by atoms with Gasteiger partial charge in [0.05, 0.1) is 25.2 Å². The number of hydrogen-bond acceptors (Lipinski definition) is 5. The number of rotatable bonds is 15. The topological polar surface area (TPSA) is 104 Å². The van der Waals surface area contributed by atoms with Crippen LogP contribution >= 0.6 is 0 Å². The Kier molecular flexibility index (Phi) is 18.9. The molecule has 3 N–H and O–H groups in total. The maximum Gasteiger partial charge on any atom is 0.223 e. The van der Waals surface area contributed by atoms with Gasteiger partial charge in [0.2, 0.25) is 5.91 Å². The summed E-state index contributed by atoms with van der Waals surface area (Å²) in [6.07, 6.45) is 5.19. The van der Waals surface area contributed by atoms with E-state index in [0.717, 1.165) is 25.7 Å². The van der Waals surface area contributed by atoms with Crippen molar-refractivity contribution in [2.75, 3.05) is 13.2 Å². The second-order valence-electron chi connectivity index (χ2n) is 11.1. The monoisotopic (exact) mass is 487 g/mol. The summed E-state index contributed by atoms with van der Waals surface area (Å²) in [6, 6.07) is -0.756. The number of nitrogens with one attached hydrogen (secondary N) is 1. The first-order valence-corrected chi connectivity index (χ1v) is 15.7. The lowest BCUT2D eigenvalue weighted by Crippen LogP contribution is -2.47. The minimum atomic E-state index is -0.894. The molecule has 0 bridgehead atoms. The lowest BCUT2D eigenvalue weighted by atomic mass is 9.92. The first kappa shape index (κ1) is 34.1. The van der Waals surface area contributed by atoms with E-state index in [1.807, 2.05) is 13.8 Å². The van der Waals surface area contributed by atoms with Gasteiger partial charge in [-0.05, 0) is 23.8 Å². The molecule has 0 aromatic rings. The molecule has 0 spiro atoms. The van der Waals surface area contributed by atoms with Crippen molar-refractivity contribution in [1.29, 1.82) is 0 Å². The normalized spacial score (nSPS) is 13.5. The summed E-state index contributed by atoms with van der Waals surface area (Å²) in [7, 11) is -0.359. The molecule has 0 aliphatic rings. The number of ketones is 2. The van der Waals surface area contributed by atoms with Crippen LogP contribution in [0.3, 0.4) is 0 Å². The highest BCUT2D eigenvalue weighted by Crippen LogP contribution is 2.25. The molecule has 0 rings (SSSR count). The van der Waals surface area contributed by atoms with Gasteiger partial charge in [0.25, 0.3) is 0 Å². The molecule has 0 aromatic carbocycles. The Labute approximate surface area is 204 Å². The molecule has 0 radical (unpaired) electrons. The molecule has 0 unspecified atom stereocenters. The van der Waals surface area contributed by atoms with Crippen molar-refractivity contribution in [3.63, 3.8) is 0 Å². The molecule has 196 valence electrons. The Morgan fingerprint density at radius 3 is 1.85 bits per heavy atom. The van der Waals surface area contributed by atoms with Gasteiger partial charge in [-0.25, -0.2) is 0 Å². The summed E-state index contributed by atoms with van der Waals surface area (Å²) < 4.78 is 0. The van der Waals surface area contributed by atoms with Gasteiger partial charge in [-0.15, -0.1) is 0 Å². The second-order valence-corrected chi connectivity index (χ2v) is 15.2. The van der Waals surface area contributed by atoms with Crippen LogP contribution < -0.4 is 5.32 Å². The summed E-state index contributed by atoms with van der Waals surface area (Å²) in [5.74, 6) is -1.86. The zero-order valence-corrected chi connectivity index (χ0v) is 24.0. The molecule has 0 saturated heterocycles. The van der Waals surface area contributed by atoms with Crippen molar-refractivity contribution >= 4 is 26.3 Å². The highest BCUT2D eigenvalue weighted by Gasteiger charge is 2.29. The maximum atomic E-state index is 12.4. The summed E-state index contributed by atoms with van der Waals surface area (Å²) in [6.45, 7) is 18.5. The van der Waals surface area contributed by atoms with Crippen LogP contribution in [0.5, 0.6) is 0 Å². The van der Waals surface area contributed by atoms with Crippen LogP contribution in [0.2, 0.25) is 18.1 Å². The molecule has 0 fully saturated rings. The molecule has 2 atom stereocenters. The Bertz CT molecular complexity index is 553. The molecule has 0 aliphatic heterocycles. The summed E-state index contributed by atoms with van der Waals surface area (Å²) >= 11 is 0. The van der Waals surface area contributed by atoms with Crippen LogP contribution in [0.15, 0.2) is 0 Å². The van der Waals surface area contributed by atoms with Crippen LogP contribution in [-0.2, 0) is 14.4 Å². The highest BCUT2D eigenvalue weighted by molar-refractivity contribution is 6.59. The molecule has 6 nitrogen and oxygen atoms in total. The lowest BCUT2D eigenvalue weighted by molar-refractivity contribution is -0.134. The van der Waals surface area contributed by atoms with Crippen molar-refractivity contribution in [3.8, 4) is 0 Å². The first-order chi connectivity index (χ1) is 15.2. The predicted molar refractivity (Wildman–Crippen MR) is 140 cm³/mol. The van der Waals surface area contributed by atoms with Gasteiger partial charge >= 0.3 is 0 Å². The average molecular weight is 488 g/mol. The van der Waals surface area contributed by atoms with Crippen LogP contribution in [0.25, 0.3) is 0 Å². The molecule has 1 amide bonds. The Balaban J connectivity index is 0. The number of carbonyl (C=O) groups is 3. The number of hydrogen-bond donors (Lipinski definition) is 3. The van der Waals surface area contributed by atoms with Crippen molar-refractivity contribution in [1.82, 2.24) is 5.32 Å². The number of aliphatic hydroxyl groups excluding tert-OH is 2. The summed E-state index contributed by atoms with van der Waals surface area (Å²) in [5.41, 5.74) is 0. The zero-order chi connectivity index (χ0) is 26.2. The van der Waals surface area contributed by atoms with Crippen molar-refractivity contribution in [3.05, 3.63) is 0 Å². The molecule has 0 aromatic heterocycles. The first-order valence-electron chi connectivity index (χ1n) is 12.8. The molecule has 0 saturated carbocycles. The van der Waals surface area contributed by atoms with E-state index in [2.05, 4.69) is 46.1 Å². The third-order valence-corrected chi connectivity index (χ3v) is 9.70. The minimum Gasteiger partial charge on any atom is -0.396 e. The fourth-order valence-electron chi connectivity index (χ4n) is 2.84. The molecule has 33 heavy (non-hydrogen) atoms. The average Bonchev–Trinajstić information content (AvgIpc) is 2.70. The number of carbonyl (C=O) groups excluding carboxylic acids is 3. The molecule has 7 heteroatoms. The van der Waals surface area contributed by atoms with Crippen LogP contribution in [0.1, 0.15) is 93.4 Å². The van der Waals surface area contributed by atoms with Gasteiger partial charge in [-0.3, -0.25) is 14.4 Å². The standard InChI is InChI=1S/C20H37NO5.C6H16Si/c1-5-6-7-8-9-17(24)11-15(4)20(26)21-18(10-14(2)3)19(25)16(12-22)13-23;1-6(2,3)7(4)5/h14-16,18,22-23H,5-13H2,1-4H3,(H,21,26);7H,1-5H3/t15-,18+;/m1./s1. The van der Waals surface area contributed by atoms with E-state index in [4.69, 9.17) is 0 Å². The summed E-state index contributed by atoms with van der Waals surface area (Å²) in [5, 5.41) is 21.8. The highest BCUT2D eigenvalue weighted by atomic mass is 28.3. The van der Waals surface area contributed by atoms with E-state index >= 15 is 0 Å². The molecule has 0 heterocycles. The predicted octanol–water partition coefficient (Wildman–Crippen LogP) is 4.53. The van der Waals surface area contributed by atoms with Crippen LogP contribution in [-0.4, -0.2) is 55.7 Å². The van der Waals surface area contributed by atoms with Gasteiger partial charge < -0.3 is 15.5 Å². The van der Waals surface area contributed by atoms with E-state index < -0.39 is 31.1 Å².